The van der Waals surface area contributed by atoms with Crippen LogP contribution in [-0.2, 0) is 19.7 Å². The molecule has 35 heavy (non-hydrogen) atoms. The zero-order valence-electron chi connectivity index (χ0n) is 20.2. The molecule has 0 aliphatic carbocycles. The summed E-state index contributed by atoms with van der Waals surface area (Å²) in [6, 6.07) is 10.1. The molecule has 1 aliphatic heterocycles. The first-order valence-electron chi connectivity index (χ1n) is 11.3. The minimum absolute atomic E-state index is 0.126. The largest absolute Gasteiger partial charge is 0.383 e. The van der Waals surface area contributed by atoms with E-state index in [0.29, 0.717) is 24.7 Å². The van der Waals surface area contributed by atoms with Crippen LogP contribution in [0.2, 0.25) is 0 Å². The summed E-state index contributed by atoms with van der Waals surface area (Å²) in [5.41, 5.74) is 2.02. The average Bonchev–Trinajstić information content (AvgIpc) is 3.45. The summed E-state index contributed by atoms with van der Waals surface area (Å²) in [6.45, 7) is 6.81. The molecule has 0 fully saturated rings. The molecule has 0 radical (unpaired) electrons. The number of hydrogen-bond acceptors (Lipinski definition) is 6. The monoisotopic (exact) mass is 516 g/mol. The van der Waals surface area contributed by atoms with E-state index >= 15 is 0 Å². The Morgan fingerprint density at radius 3 is 2.63 bits per heavy atom. The third kappa shape index (κ3) is 5.44. The summed E-state index contributed by atoms with van der Waals surface area (Å²) in [7, 11) is 1.56. The Balaban J connectivity index is 1.92. The Morgan fingerprint density at radius 2 is 2.00 bits per heavy atom. The van der Waals surface area contributed by atoms with Crippen LogP contribution in [0, 0.1) is 5.82 Å². The number of anilines is 1. The number of carbonyl (C=O) groups excluding carboxylic acids is 2. The Hall–Kier alpha value is -2.69. The van der Waals surface area contributed by atoms with E-state index in [0.717, 1.165) is 16.1 Å². The predicted molar refractivity (Wildman–Crippen MR) is 138 cm³/mol. The van der Waals surface area contributed by atoms with E-state index in [1.54, 1.807) is 47.0 Å². The van der Waals surface area contributed by atoms with Crippen molar-refractivity contribution in [3.05, 3.63) is 63.7 Å². The predicted octanol–water partition coefficient (Wildman–Crippen LogP) is 4.30. The van der Waals surface area contributed by atoms with Crippen LogP contribution in [0.25, 0.3) is 5.69 Å². The topological polar surface area (TPSA) is 76.5 Å². The van der Waals surface area contributed by atoms with Gasteiger partial charge in [-0.05, 0) is 35.7 Å². The van der Waals surface area contributed by atoms with E-state index in [1.807, 2.05) is 11.4 Å². The van der Waals surface area contributed by atoms with Gasteiger partial charge in [0.15, 0.2) is 0 Å². The second-order valence-corrected chi connectivity index (χ2v) is 11.3. The van der Waals surface area contributed by atoms with Crippen molar-refractivity contribution in [1.29, 1.82) is 0 Å². The van der Waals surface area contributed by atoms with E-state index in [2.05, 4.69) is 32.2 Å². The van der Waals surface area contributed by atoms with Crippen LogP contribution in [-0.4, -0.2) is 54.2 Å². The lowest BCUT2D eigenvalue weighted by Crippen LogP contribution is -2.43. The number of fused-ring (bicyclic) bond motifs is 1. The van der Waals surface area contributed by atoms with Crippen LogP contribution >= 0.6 is 23.1 Å². The summed E-state index contributed by atoms with van der Waals surface area (Å²) in [5, 5.41) is 9.67. The van der Waals surface area contributed by atoms with Crippen LogP contribution in [0.3, 0.4) is 0 Å². The van der Waals surface area contributed by atoms with Crippen molar-refractivity contribution in [1.82, 2.24) is 15.1 Å². The normalized spacial score (nSPS) is 16.2. The number of ether oxygens (including phenoxy) is 1. The van der Waals surface area contributed by atoms with E-state index in [-0.39, 0.29) is 40.6 Å². The van der Waals surface area contributed by atoms with Crippen molar-refractivity contribution < 1.29 is 18.7 Å². The highest BCUT2D eigenvalue weighted by Crippen LogP contribution is 2.49. The molecule has 7 nitrogen and oxygen atoms in total. The molecule has 0 spiro atoms. The molecular weight excluding hydrogens is 487 g/mol. The average molecular weight is 517 g/mol. The molecule has 1 N–H and O–H groups in total. The quantitative estimate of drug-likeness (QED) is 0.474. The number of halogens is 1. The van der Waals surface area contributed by atoms with Crippen LogP contribution in [0.15, 0.2) is 41.8 Å². The third-order valence-corrected chi connectivity index (χ3v) is 7.93. The zero-order chi connectivity index (χ0) is 25.2. The zero-order valence-corrected chi connectivity index (χ0v) is 21.8. The lowest BCUT2D eigenvalue weighted by atomic mass is 9.88. The van der Waals surface area contributed by atoms with Crippen LogP contribution in [0.5, 0.6) is 0 Å². The summed E-state index contributed by atoms with van der Waals surface area (Å²) in [5.74, 6) is -0.0568. The van der Waals surface area contributed by atoms with Gasteiger partial charge in [-0.25, -0.2) is 9.07 Å². The van der Waals surface area contributed by atoms with E-state index in [1.165, 1.54) is 17.0 Å². The van der Waals surface area contributed by atoms with Gasteiger partial charge in [-0.15, -0.1) is 23.1 Å². The molecule has 2 amide bonds. The maximum atomic E-state index is 13.7. The second-order valence-electron chi connectivity index (χ2n) is 9.25. The molecule has 2 aromatic heterocycles. The Bertz CT molecular complexity index is 1190. The van der Waals surface area contributed by atoms with Gasteiger partial charge < -0.3 is 10.1 Å². The van der Waals surface area contributed by atoms with Gasteiger partial charge in [-0.3, -0.25) is 14.5 Å². The molecule has 1 aromatic carbocycles. The van der Waals surface area contributed by atoms with Crippen LogP contribution in [0.4, 0.5) is 10.2 Å². The van der Waals surface area contributed by atoms with Gasteiger partial charge in [0.05, 0.1) is 29.0 Å². The van der Waals surface area contributed by atoms with Crippen molar-refractivity contribution in [2.75, 3.05) is 37.5 Å². The minimum atomic E-state index is -0.361. The number of nitrogens with one attached hydrogen (secondary N) is 1. The van der Waals surface area contributed by atoms with Gasteiger partial charge >= 0.3 is 0 Å². The number of nitrogens with zero attached hydrogens (tertiary/aromatic N) is 3. The number of methoxy groups -OCH3 is 1. The number of aromatic nitrogens is 2. The van der Waals surface area contributed by atoms with Gasteiger partial charge in [0.1, 0.15) is 18.2 Å². The number of hydrogen-bond donors (Lipinski definition) is 1. The minimum Gasteiger partial charge on any atom is -0.383 e. The number of benzene rings is 1. The number of carbonyl (C=O) groups is 2. The summed E-state index contributed by atoms with van der Waals surface area (Å²) >= 11 is 3.17. The molecule has 10 heteroatoms. The number of rotatable bonds is 7. The highest BCUT2D eigenvalue weighted by atomic mass is 32.2. The number of thioether (sulfide) groups is 1. The Morgan fingerprint density at radius 1 is 1.26 bits per heavy atom. The summed E-state index contributed by atoms with van der Waals surface area (Å²) in [4.78, 5) is 28.9. The molecule has 4 rings (SSSR count). The molecule has 186 valence electrons. The highest BCUT2D eigenvalue weighted by Gasteiger charge is 2.40. The molecular formula is C25H29FN4O3S2. The number of amides is 2. The molecule has 0 bridgehead atoms. The van der Waals surface area contributed by atoms with Crippen molar-refractivity contribution >= 4 is 40.7 Å². The Labute approximate surface area is 212 Å². The molecule has 0 unspecified atom stereocenters. The first-order chi connectivity index (χ1) is 16.7. The first kappa shape index (κ1) is 25.4. The summed E-state index contributed by atoms with van der Waals surface area (Å²) < 4.78 is 20.5. The molecule has 0 saturated carbocycles. The van der Waals surface area contributed by atoms with E-state index in [9.17, 15) is 14.0 Å². The fraction of sp³-hybridized carbons (Fsp3) is 0.400. The Kier molecular flexibility index (Phi) is 7.63. The smallest absolute Gasteiger partial charge is 0.240 e. The van der Waals surface area contributed by atoms with Crippen LogP contribution in [0.1, 0.15) is 42.2 Å². The number of thiophene rings is 1. The maximum Gasteiger partial charge on any atom is 0.240 e. The van der Waals surface area contributed by atoms with Gasteiger partial charge in [-0.2, -0.15) is 5.10 Å². The fourth-order valence-electron chi connectivity index (χ4n) is 3.99. The van der Waals surface area contributed by atoms with E-state index < -0.39 is 0 Å². The third-order valence-electron chi connectivity index (χ3n) is 5.60. The molecule has 3 aromatic rings. The molecule has 1 aliphatic rings. The van der Waals surface area contributed by atoms with Crippen molar-refractivity contribution in [2.24, 2.45) is 0 Å². The highest BCUT2D eigenvalue weighted by molar-refractivity contribution is 8.00. The summed E-state index contributed by atoms with van der Waals surface area (Å²) in [6.07, 6.45) is 0. The first-order valence-corrected chi connectivity index (χ1v) is 13.2. The van der Waals surface area contributed by atoms with Gasteiger partial charge in [0.2, 0.25) is 11.8 Å². The molecule has 3 heterocycles. The van der Waals surface area contributed by atoms with E-state index in [4.69, 9.17) is 9.84 Å². The van der Waals surface area contributed by atoms with Gasteiger partial charge in [-0.1, -0.05) is 26.8 Å². The van der Waals surface area contributed by atoms with Crippen molar-refractivity contribution in [3.8, 4) is 5.69 Å². The van der Waals surface area contributed by atoms with Crippen molar-refractivity contribution in [3.63, 3.8) is 0 Å². The fourth-order valence-corrected chi connectivity index (χ4v) is 6.17. The standard InChI is InChI=1S/C25H29FN4O3S2/c1-25(2,3)23-21-22(18-6-5-13-34-18)35-15-20(32)29(14-19(31)27-11-12-33-4)24(21)30(28-23)17-9-7-16(26)8-10-17/h5-10,13,22H,11-12,14-15H2,1-4H3,(H,27,31)/t22-/m0/s1. The second kappa shape index (κ2) is 10.5. The lowest BCUT2D eigenvalue weighted by molar-refractivity contribution is -0.123. The maximum absolute atomic E-state index is 13.7. The lowest BCUT2D eigenvalue weighted by Gasteiger charge is -2.24. The van der Waals surface area contributed by atoms with Gasteiger partial charge in [0.25, 0.3) is 0 Å². The molecule has 1 atom stereocenters. The van der Waals surface area contributed by atoms with Gasteiger partial charge in [0, 0.05) is 29.5 Å². The van der Waals surface area contributed by atoms with Crippen LogP contribution < -0.4 is 10.2 Å². The van der Waals surface area contributed by atoms with Crippen molar-refractivity contribution in [2.45, 2.75) is 31.4 Å². The molecule has 0 saturated heterocycles. The SMILES string of the molecule is COCCNC(=O)CN1C(=O)CS[C@@H](c2cccs2)c2c(C(C)(C)C)nn(-c3ccc(F)cc3)c21.